The zero-order valence-electron chi connectivity index (χ0n) is 13.5. The van der Waals surface area contributed by atoms with Crippen molar-refractivity contribution in [1.82, 2.24) is 4.90 Å². The van der Waals surface area contributed by atoms with Crippen LogP contribution < -0.4 is 0 Å². The van der Waals surface area contributed by atoms with E-state index in [2.05, 4.69) is 13.8 Å². The number of hydrogen-bond acceptors (Lipinski definition) is 3. The average molecular weight is 307 g/mol. The van der Waals surface area contributed by atoms with Gasteiger partial charge >= 0.3 is 5.97 Å². The lowest BCUT2D eigenvalue weighted by Crippen LogP contribution is -2.38. The summed E-state index contributed by atoms with van der Waals surface area (Å²) in [6.45, 7) is 4.53. The predicted molar refractivity (Wildman–Crippen MR) is 84.8 cm³/mol. The quantitative estimate of drug-likeness (QED) is 0.760. The first-order valence-electron chi connectivity index (χ1n) is 7.41. The highest BCUT2D eigenvalue weighted by molar-refractivity contribution is 5.81. The van der Waals surface area contributed by atoms with E-state index in [0.717, 1.165) is 0 Å². The summed E-state index contributed by atoms with van der Waals surface area (Å²) in [6, 6.07) is 10.0. The smallest absolute Gasteiger partial charge is 0.323 e. The zero-order chi connectivity index (χ0) is 16.6. The van der Waals surface area contributed by atoms with E-state index in [-0.39, 0.29) is 17.9 Å². The van der Waals surface area contributed by atoms with Crippen LogP contribution in [0.2, 0.25) is 0 Å². The summed E-state index contributed by atoms with van der Waals surface area (Å²) in [4.78, 5) is 24.5. The third-order valence-corrected chi connectivity index (χ3v) is 3.76. The highest BCUT2D eigenvalue weighted by atomic mass is 16.5. The van der Waals surface area contributed by atoms with Crippen molar-refractivity contribution < 1.29 is 19.4 Å². The Balaban J connectivity index is 2.63. The number of ether oxygens (including phenoxy) is 1. The third-order valence-electron chi connectivity index (χ3n) is 3.76. The van der Waals surface area contributed by atoms with Crippen LogP contribution in [-0.4, -0.2) is 48.7 Å². The number of aliphatic carboxylic acids is 1. The SMILES string of the molecule is COCCN(CC(=O)O)C(=O)CCC(C)(C)c1ccccc1. The van der Waals surface area contributed by atoms with Gasteiger partial charge in [0.15, 0.2) is 0 Å². The first-order valence-corrected chi connectivity index (χ1v) is 7.41. The lowest BCUT2D eigenvalue weighted by atomic mass is 9.80. The number of carboxylic acid groups (broad SMARTS) is 1. The van der Waals surface area contributed by atoms with Gasteiger partial charge in [0.1, 0.15) is 6.54 Å². The third kappa shape index (κ3) is 5.85. The van der Waals surface area contributed by atoms with Gasteiger partial charge in [-0.05, 0) is 17.4 Å². The molecule has 1 aromatic rings. The van der Waals surface area contributed by atoms with Gasteiger partial charge in [-0.15, -0.1) is 0 Å². The van der Waals surface area contributed by atoms with Crippen molar-refractivity contribution in [3.05, 3.63) is 35.9 Å². The van der Waals surface area contributed by atoms with Crippen molar-refractivity contribution >= 4 is 11.9 Å². The molecule has 0 bridgehead atoms. The van der Waals surface area contributed by atoms with Gasteiger partial charge in [0.2, 0.25) is 5.91 Å². The molecule has 122 valence electrons. The molecule has 0 saturated heterocycles. The van der Waals surface area contributed by atoms with Crippen LogP contribution in [-0.2, 0) is 19.7 Å². The topological polar surface area (TPSA) is 66.8 Å². The van der Waals surface area contributed by atoms with Crippen LogP contribution in [0.1, 0.15) is 32.3 Å². The Hall–Kier alpha value is -1.88. The van der Waals surface area contributed by atoms with Gasteiger partial charge in [0, 0.05) is 20.1 Å². The second-order valence-corrected chi connectivity index (χ2v) is 5.95. The van der Waals surface area contributed by atoms with Gasteiger partial charge in [0.05, 0.1) is 6.61 Å². The molecule has 0 atom stereocenters. The Labute approximate surface area is 131 Å². The van der Waals surface area contributed by atoms with Gasteiger partial charge in [-0.25, -0.2) is 0 Å². The maximum absolute atomic E-state index is 12.3. The number of benzene rings is 1. The minimum Gasteiger partial charge on any atom is -0.480 e. The number of rotatable bonds is 9. The number of hydrogen-bond donors (Lipinski definition) is 1. The van der Waals surface area contributed by atoms with Crippen LogP contribution >= 0.6 is 0 Å². The molecule has 5 nitrogen and oxygen atoms in total. The molecule has 0 aliphatic carbocycles. The Bertz CT molecular complexity index is 485. The number of carbonyl (C=O) groups excluding carboxylic acids is 1. The maximum atomic E-state index is 12.3. The largest absolute Gasteiger partial charge is 0.480 e. The van der Waals surface area contributed by atoms with E-state index in [1.165, 1.54) is 17.6 Å². The van der Waals surface area contributed by atoms with Crippen LogP contribution in [0.5, 0.6) is 0 Å². The summed E-state index contributed by atoms with van der Waals surface area (Å²) in [7, 11) is 1.53. The normalized spacial score (nSPS) is 11.2. The monoisotopic (exact) mass is 307 g/mol. The summed E-state index contributed by atoms with van der Waals surface area (Å²) in [5.74, 6) is -1.16. The molecule has 0 fully saturated rings. The van der Waals surface area contributed by atoms with Crippen LogP contribution in [0.4, 0.5) is 0 Å². The van der Waals surface area contributed by atoms with Crippen molar-refractivity contribution in [3.63, 3.8) is 0 Å². The van der Waals surface area contributed by atoms with Gasteiger partial charge in [-0.2, -0.15) is 0 Å². The summed E-state index contributed by atoms with van der Waals surface area (Å²) >= 11 is 0. The Morgan fingerprint density at radius 3 is 2.41 bits per heavy atom. The van der Waals surface area contributed by atoms with E-state index in [1.807, 2.05) is 30.3 Å². The molecular formula is C17H25NO4. The Morgan fingerprint density at radius 2 is 1.86 bits per heavy atom. The fourth-order valence-electron chi connectivity index (χ4n) is 2.27. The number of methoxy groups -OCH3 is 1. The minimum absolute atomic E-state index is 0.132. The van der Waals surface area contributed by atoms with E-state index in [1.54, 1.807) is 0 Å². The average Bonchev–Trinajstić information content (AvgIpc) is 2.49. The molecule has 1 rings (SSSR count). The molecule has 0 saturated carbocycles. The molecule has 0 aliphatic rings. The molecule has 0 unspecified atom stereocenters. The lowest BCUT2D eigenvalue weighted by molar-refractivity contribution is -0.145. The summed E-state index contributed by atoms with van der Waals surface area (Å²) in [5.41, 5.74) is 1.04. The molecule has 0 radical (unpaired) electrons. The summed E-state index contributed by atoms with van der Waals surface area (Å²) in [6.07, 6.45) is 0.984. The first-order chi connectivity index (χ1) is 10.4. The molecule has 0 heterocycles. The molecule has 1 N–H and O–H groups in total. The number of carboxylic acids is 1. The van der Waals surface area contributed by atoms with Crippen molar-refractivity contribution in [2.75, 3.05) is 26.8 Å². The summed E-state index contributed by atoms with van der Waals surface area (Å²) < 4.78 is 4.93. The highest BCUT2D eigenvalue weighted by Gasteiger charge is 2.24. The lowest BCUT2D eigenvalue weighted by Gasteiger charge is -2.27. The molecule has 22 heavy (non-hydrogen) atoms. The number of carbonyl (C=O) groups is 2. The fraction of sp³-hybridized carbons (Fsp3) is 0.529. The van der Waals surface area contributed by atoms with E-state index >= 15 is 0 Å². The second kappa shape index (κ2) is 8.54. The van der Waals surface area contributed by atoms with E-state index in [0.29, 0.717) is 26.0 Å². The molecule has 5 heteroatoms. The molecule has 1 aromatic carbocycles. The zero-order valence-corrected chi connectivity index (χ0v) is 13.5. The van der Waals surface area contributed by atoms with Crippen LogP contribution in [0.15, 0.2) is 30.3 Å². The first kappa shape index (κ1) is 18.2. The van der Waals surface area contributed by atoms with E-state index < -0.39 is 5.97 Å². The van der Waals surface area contributed by atoms with Gasteiger partial charge < -0.3 is 14.7 Å². The molecular weight excluding hydrogens is 282 g/mol. The molecule has 0 aliphatic heterocycles. The van der Waals surface area contributed by atoms with E-state index in [4.69, 9.17) is 9.84 Å². The number of nitrogens with zero attached hydrogens (tertiary/aromatic N) is 1. The Morgan fingerprint density at radius 1 is 1.23 bits per heavy atom. The van der Waals surface area contributed by atoms with Gasteiger partial charge in [-0.3, -0.25) is 9.59 Å². The van der Waals surface area contributed by atoms with Gasteiger partial charge in [-0.1, -0.05) is 44.2 Å². The standard InChI is InChI=1S/C17H25NO4/c1-17(2,14-7-5-4-6-8-14)10-9-15(19)18(11-12-22-3)13-16(20)21/h4-8H,9-13H2,1-3H3,(H,20,21). The van der Waals surface area contributed by atoms with Crippen molar-refractivity contribution in [2.24, 2.45) is 0 Å². The summed E-state index contributed by atoms with van der Waals surface area (Å²) in [5, 5.41) is 8.90. The van der Waals surface area contributed by atoms with Crippen LogP contribution in [0.3, 0.4) is 0 Å². The van der Waals surface area contributed by atoms with Crippen molar-refractivity contribution in [2.45, 2.75) is 32.1 Å². The predicted octanol–water partition coefficient (Wildman–Crippen LogP) is 2.30. The molecule has 1 amide bonds. The second-order valence-electron chi connectivity index (χ2n) is 5.95. The van der Waals surface area contributed by atoms with Crippen LogP contribution in [0.25, 0.3) is 0 Å². The molecule has 0 aromatic heterocycles. The van der Waals surface area contributed by atoms with E-state index in [9.17, 15) is 9.59 Å². The maximum Gasteiger partial charge on any atom is 0.323 e. The minimum atomic E-state index is -1.01. The van der Waals surface area contributed by atoms with Gasteiger partial charge in [0.25, 0.3) is 0 Å². The highest BCUT2D eigenvalue weighted by Crippen LogP contribution is 2.28. The number of amides is 1. The van der Waals surface area contributed by atoms with Crippen molar-refractivity contribution in [1.29, 1.82) is 0 Å². The fourth-order valence-corrected chi connectivity index (χ4v) is 2.27. The molecule has 0 spiro atoms. The van der Waals surface area contributed by atoms with Crippen molar-refractivity contribution in [3.8, 4) is 0 Å². The Kier molecular flexibility index (Phi) is 7.05. The van der Waals surface area contributed by atoms with Crippen LogP contribution in [0, 0.1) is 0 Å².